The van der Waals surface area contributed by atoms with Gasteiger partial charge in [-0.05, 0) is 60.3 Å². The number of aliphatic carboxylic acids is 1. The largest absolute Gasteiger partial charge is 0.480 e. The van der Waals surface area contributed by atoms with Gasteiger partial charge in [-0.3, -0.25) is 4.79 Å². The first-order chi connectivity index (χ1) is 14.0. The second kappa shape index (κ2) is 15.8. The van der Waals surface area contributed by atoms with Gasteiger partial charge >= 0.3 is 5.97 Å². The molecule has 0 saturated carbocycles. The number of amides is 1. The van der Waals surface area contributed by atoms with Gasteiger partial charge in [0.15, 0.2) is 0 Å². The quantitative estimate of drug-likeness (QED) is 0.242. The molecule has 2 unspecified atom stereocenters. The van der Waals surface area contributed by atoms with Gasteiger partial charge < -0.3 is 15.7 Å². The lowest BCUT2D eigenvalue weighted by Gasteiger charge is -2.21. The van der Waals surface area contributed by atoms with E-state index in [0.717, 1.165) is 31.4 Å². The Balaban J connectivity index is 4.31. The van der Waals surface area contributed by atoms with Crippen LogP contribution in [-0.4, -0.2) is 40.6 Å². The third-order valence-corrected chi connectivity index (χ3v) is 5.53. The van der Waals surface area contributed by atoms with Crippen molar-refractivity contribution < 1.29 is 14.7 Å². The molecule has 0 aliphatic carbocycles. The molecule has 0 bridgehead atoms. The van der Waals surface area contributed by atoms with E-state index in [1.165, 1.54) is 23.6 Å². The molecule has 1 amide bonds. The third kappa shape index (κ3) is 15.0. The molecule has 0 aliphatic rings. The van der Waals surface area contributed by atoms with Crippen molar-refractivity contribution in [1.82, 2.24) is 10.6 Å². The molecule has 0 aromatic heterocycles. The monoisotopic (exact) mass is 436 g/mol. The fourth-order valence-electron chi connectivity index (χ4n) is 2.64. The van der Waals surface area contributed by atoms with Gasteiger partial charge in [0.2, 0.25) is 5.91 Å². The summed E-state index contributed by atoms with van der Waals surface area (Å²) >= 11 is 1.57. The lowest BCUT2D eigenvalue weighted by atomic mass is 10.1. The fourth-order valence-corrected chi connectivity index (χ4v) is 3.64. The number of carbonyl (C=O) groups is 2. The number of thioether (sulfide) groups is 1. The molecule has 0 spiro atoms. The molecule has 0 aliphatic heterocycles. The molecule has 0 fully saturated rings. The van der Waals surface area contributed by atoms with Crippen LogP contribution < -0.4 is 10.6 Å². The summed E-state index contributed by atoms with van der Waals surface area (Å²) in [5.74, 6) is 0.0983. The Bertz CT molecular complexity index is 661. The minimum atomic E-state index is -0.923. The summed E-state index contributed by atoms with van der Waals surface area (Å²) in [6, 6.07) is -1.06. The molecule has 0 heterocycles. The van der Waals surface area contributed by atoms with Gasteiger partial charge in [-0.25, -0.2) is 4.79 Å². The van der Waals surface area contributed by atoms with E-state index in [9.17, 15) is 14.7 Å². The van der Waals surface area contributed by atoms with Gasteiger partial charge in [-0.2, -0.15) is 11.8 Å². The highest BCUT2D eigenvalue weighted by Crippen LogP contribution is 2.13. The zero-order valence-corrected chi connectivity index (χ0v) is 20.3. The number of carboxylic acid groups (broad SMARTS) is 1. The lowest BCUT2D eigenvalue weighted by molar-refractivity contribution is -0.138. The Morgan fingerprint density at radius 1 is 0.967 bits per heavy atom. The Labute approximate surface area is 187 Å². The van der Waals surface area contributed by atoms with Crippen molar-refractivity contribution in [3.8, 4) is 0 Å². The number of hydrogen-bond donors (Lipinski definition) is 3. The number of allylic oxidation sites excluding steroid dienone is 5. The van der Waals surface area contributed by atoms with Gasteiger partial charge in [0, 0.05) is 24.1 Å². The van der Waals surface area contributed by atoms with E-state index in [1.54, 1.807) is 18.7 Å². The summed E-state index contributed by atoms with van der Waals surface area (Å²) in [4.78, 5) is 22.6. The molecule has 30 heavy (non-hydrogen) atoms. The van der Waals surface area contributed by atoms with E-state index in [2.05, 4.69) is 63.1 Å². The van der Waals surface area contributed by atoms with Crippen LogP contribution in [0.25, 0.3) is 0 Å². The number of nitrogens with one attached hydrogen (secondary N) is 2. The first-order valence-electron chi connectivity index (χ1n) is 10.5. The molecule has 170 valence electrons. The number of hydrogen-bond acceptors (Lipinski definition) is 4. The normalized spacial score (nSPS) is 13.9. The molecule has 2 atom stereocenters. The average Bonchev–Trinajstić information content (AvgIpc) is 2.62. The van der Waals surface area contributed by atoms with E-state index in [-0.39, 0.29) is 11.9 Å². The summed E-state index contributed by atoms with van der Waals surface area (Å²) in [5.41, 5.74) is 4.61. The standard InChI is InChI=1S/C24H40N2O3S/c1-17(2)10-8-11-18(3)12-9-13-19(4)14-15-30-16-23(24(28)29)26-21(6)20(5)25-22(7)27/h10,12,14,20,23,26H,6,8-9,11,13,15-16H2,1-5,7H3,(H,25,27)(H,28,29)/b18-12+,19-14+. The third-order valence-electron chi connectivity index (χ3n) is 4.56. The van der Waals surface area contributed by atoms with Crippen LogP contribution >= 0.6 is 11.8 Å². The van der Waals surface area contributed by atoms with Crippen molar-refractivity contribution >= 4 is 23.6 Å². The van der Waals surface area contributed by atoms with E-state index in [1.807, 2.05) is 0 Å². The highest BCUT2D eigenvalue weighted by molar-refractivity contribution is 7.99. The Morgan fingerprint density at radius 2 is 1.53 bits per heavy atom. The van der Waals surface area contributed by atoms with Crippen molar-refractivity contribution in [3.05, 3.63) is 47.2 Å². The minimum absolute atomic E-state index is 0.176. The fraction of sp³-hybridized carbons (Fsp3) is 0.583. The van der Waals surface area contributed by atoms with Crippen molar-refractivity contribution in [2.75, 3.05) is 11.5 Å². The first kappa shape index (κ1) is 28.1. The van der Waals surface area contributed by atoms with Crippen LogP contribution in [0.2, 0.25) is 0 Å². The molecule has 0 aromatic carbocycles. The Kier molecular flexibility index (Phi) is 14.8. The highest BCUT2D eigenvalue weighted by Gasteiger charge is 2.19. The smallest absolute Gasteiger partial charge is 0.326 e. The van der Waals surface area contributed by atoms with Gasteiger partial charge in [-0.15, -0.1) is 0 Å². The van der Waals surface area contributed by atoms with Crippen LogP contribution in [0.3, 0.4) is 0 Å². The molecule has 6 heteroatoms. The summed E-state index contributed by atoms with van der Waals surface area (Å²) in [6.07, 6.45) is 11.0. The van der Waals surface area contributed by atoms with Crippen LogP contribution in [0.1, 0.15) is 67.2 Å². The zero-order valence-electron chi connectivity index (χ0n) is 19.5. The predicted octanol–water partition coefficient (Wildman–Crippen LogP) is 5.22. The topological polar surface area (TPSA) is 78.4 Å². The molecule has 0 aromatic rings. The van der Waals surface area contributed by atoms with Crippen molar-refractivity contribution in [2.24, 2.45) is 0 Å². The van der Waals surface area contributed by atoms with Crippen molar-refractivity contribution in [3.63, 3.8) is 0 Å². The molecule has 5 nitrogen and oxygen atoms in total. The van der Waals surface area contributed by atoms with Gasteiger partial charge in [0.1, 0.15) is 6.04 Å². The number of carboxylic acids is 1. The molecular formula is C24H40N2O3S. The van der Waals surface area contributed by atoms with Crippen LogP contribution in [0.4, 0.5) is 0 Å². The maximum Gasteiger partial charge on any atom is 0.326 e. The van der Waals surface area contributed by atoms with Crippen LogP contribution in [0, 0.1) is 0 Å². The lowest BCUT2D eigenvalue weighted by Crippen LogP contribution is -2.44. The van der Waals surface area contributed by atoms with Crippen LogP contribution in [-0.2, 0) is 9.59 Å². The van der Waals surface area contributed by atoms with E-state index in [4.69, 9.17) is 0 Å². The second-order valence-electron chi connectivity index (χ2n) is 7.98. The Morgan fingerprint density at radius 3 is 2.07 bits per heavy atom. The summed E-state index contributed by atoms with van der Waals surface area (Å²) in [7, 11) is 0. The summed E-state index contributed by atoms with van der Waals surface area (Å²) in [6.45, 7) is 15.6. The maximum atomic E-state index is 11.5. The highest BCUT2D eigenvalue weighted by atomic mass is 32.2. The van der Waals surface area contributed by atoms with Gasteiger partial charge in [-0.1, -0.05) is 41.5 Å². The summed E-state index contributed by atoms with van der Waals surface area (Å²) < 4.78 is 0. The second-order valence-corrected chi connectivity index (χ2v) is 9.05. The first-order valence-corrected chi connectivity index (χ1v) is 11.7. The molecular weight excluding hydrogens is 396 g/mol. The SMILES string of the molecule is C=C(NC(CSC/C=C(\C)CC/C=C(\C)CCC=C(C)C)C(=O)O)C(C)NC(C)=O. The predicted molar refractivity (Wildman–Crippen MR) is 130 cm³/mol. The van der Waals surface area contributed by atoms with Crippen molar-refractivity contribution in [2.45, 2.75) is 79.3 Å². The minimum Gasteiger partial charge on any atom is -0.480 e. The molecule has 0 saturated heterocycles. The summed E-state index contributed by atoms with van der Waals surface area (Å²) in [5, 5.41) is 15.0. The van der Waals surface area contributed by atoms with Gasteiger partial charge in [0.05, 0.1) is 6.04 Å². The Hall–Kier alpha value is -1.95. The molecule has 3 N–H and O–H groups in total. The van der Waals surface area contributed by atoms with Crippen molar-refractivity contribution in [1.29, 1.82) is 0 Å². The average molecular weight is 437 g/mol. The maximum absolute atomic E-state index is 11.5. The molecule has 0 rings (SSSR count). The number of carbonyl (C=O) groups excluding carboxylic acids is 1. The van der Waals surface area contributed by atoms with E-state index in [0.29, 0.717) is 11.4 Å². The van der Waals surface area contributed by atoms with E-state index < -0.39 is 12.0 Å². The molecule has 0 radical (unpaired) electrons. The van der Waals surface area contributed by atoms with Gasteiger partial charge in [0.25, 0.3) is 0 Å². The van der Waals surface area contributed by atoms with Crippen LogP contribution in [0.15, 0.2) is 47.2 Å². The van der Waals surface area contributed by atoms with E-state index >= 15 is 0 Å². The zero-order chi connectivity index (χ0) is 23.1. The van der Waals surface area contributed by atoms with Crippen LogP contribution in [0.5, 0.6) is 0 Å². The number of rotatable bonds is 15.